The molecule has 18 heavy (non-hydrogen) atoms. The Hall–Kier alpha value is -0.640. The normalized spacial score (nSPS) is 10.4. The SMILES string of the molecule is CSc1cccc(NCc2ccc(Br)cc2Cl)c1. The summed E-state index contributed by atoms with van der Waals surface area (Å²) in [6, 6.07) is 14.3. The number of benzene rings is 2. The van der Waals surface area contributed by atoms with Crippen molar-refractivity contribution in [1.29, 1.82) is 0 Å². The molecule has 1 nitrogen and oxygen atoms in total. The first kappa shape index (κ1) is 13.8. The van der Waals surface area contributed by atoms with E-state index in [2.05, 4.69) is 51.8 Å². The first-order valence-corrected chi connectivity index (χ1v) is 7.90. The van der Waals surface area contributed by atoms with E-state index < -0.39 is 0 Å². The Morgan fingerprint density at radius 1 is 1.22 bits per heavy atom. The summed E-state index contributed by atoms with van der Waals surface area (Å²) in [6.07, 6.45) is 2.07. The van der Waals surface area contributed by atoms with Crippen LogP contribution in [0.5, 0.6) is 0 Å². The highest BCUT2D eigenvalue weighted by molar-refractivity contribution is 9.10. The van der Waals surface area contributed by atoms with E-state index in [0.29, 0.717) is 0 Å². The van der Waals surface area contributed by atoms with E-state index in [4.69, 9.17) is 11.6 Å². The molecule has 0 saturated carbocycles. The molecule has 0 amide bonds. The molecular weight excluding hydrogens is 330 g/mol. The van der Waals surface area contributed by atoms with Crippen LogP contribution in [0.15, 0.2) is 51.8 Å². The van der Waals surface area contributed by atoms with Gasteiger partial charge < -0.3 is 5.32 Å². The predicted molar refractivity (Wildman–Crippen MR) is 84.7 cm³/mol. The average Bonchev–Trinajstić information content (AvgIpc) is 2.38. The van der Waals surface area contributed by atoms with Crippen molar-refractivity contribution in [2.45, 2.75) is 11.4 Å². The van der Waals surface area contributed by atoms with Crippen LogP contribution in [0.25, 0.3) is 0 Å². The monoisotopic (exact) mass is 341 g/mol. The second kappa shape index (κ2) is 6.50. The summed E-state index contributed by atoms with van der Waals surface area (Å²) in [4.78, 5) is 1.25. The molecule has 0 aliphatic carbocycles. The first-order valence-electron chi connectivity index (χ1n) is 5.51. The summed E-state index contributed by atoms with van der Waals surface area (Å²) in [5, 5.41) is 4.16. The zero-order chi connectivity index (χ0) is 13.0. The van der Waals surface area contributed by atoms with Gasteiger partial charge in [0.15, 0.2) is 0 Å². The second-order valence-electron chi connectivity index (χ2n) is 3.82. The van der Waals surface area contributed by atoms with Gasteiger partial charge in [0.05, 0.1) is 0 Å². The minimum absolute atomic E-state index is 0.726. The van der Waals surface area contributed by atoms with Crippen molar-refractivity contribution in [3.05, 3.63) is 57.5 Å². The first-order chi connectivity index (χ1) is 8.69. The van der Waals surface area contributed by atoms with Gasteiger partial charge in [-0.05, 0) is 42.2 Å². The van der Waals surface area contributed by atoms with Crippen LogP contribution >= 0.6 is 39.3 Å². The lowest BCUT2D eigenvalue weighted by atomic mass is 10.2. The maximum absolute atomic E-state index is 6.18. The van der Waals surface area contributed by atoms with E-state index in [1.54, 1.807) is 11.8 Å². The molecule has 0 unspecified atom stereocenters. The number of hydrogen-bond acceptors (Lipinski definition) is 2. The molecule has 0 bridgehead atoms. The van der Waals surface area contributed by atoms with Gasteiger partial charge in [-0.15, -0.1) is 11.8 Å². The average molecular weight is 343 g/mol. The second-order valence-corrected chi connectivity index (χ2v) is 6.02. The molecule has 2 aromatic rings. The number of nitrogens with one attached hydrogen (secondary N) is 1. The van der Waals surface area contributed by atoms with Crippen LogP contribution in [0, 0.1) is 0 Å². The van der Waals surface area contributed by atoms with Crippen LogP contribution in [-0.2, 0) is 6.54 Å². The van der Waals surface area contributed by atoms with Gasteiger partial charge in [-0.1, -0.05) is 39.7 Å². The van der Waals surface area contributed by atoms with Gasteiger partial charge in [0.2, 0.25) is 0 Å². The molecule has 0 aliphatic rings. The van der Waals surface area contributed by atoms with Crippen LogP contribution in [-0.4, -0.2) is 6.26 Å². The van der Waals surface area contributed by atoms with Gasteiger partial charge >= 0.3 is 0 Å². The molecule has 0 heterocycles. The van der Waals surface area contributed by atoms with E-state index in [1.165, 1.54) is 4.90 Å². The molecule has 0 spiro atoms. The highest BCUT2D eigenvalue weighted by Gasteiger charge is 2.01. The smallest absolute Gasteiger partial charge is 0.0467 e. The minimum atomic E-state index is 0.726. The summed E-state index contributed by atoms with van der Waals surface area (Å²) in [7, 11) is 0. The van der Waals surface area contributed by atoms with Crippen LogP contribution in [0.4, 0.5) is 5.69 Å². The molecular formula is C14H13BrClNS. The Labute approximate surface area is 125 Å². The maximum atomic E-state index is 6.18. The fourth-order valence-electron chi connectivity index (χ4n) is 1.60. The van der Waals surface area contributed by atoms with Crippen molar-refractivity contribution >= 4 is 45.0 Å². The molecule has 4 heteroatoms. The highest BCUT2D eigenvalue weighted by Crippen LogP contribution is 2.23. The van der Waals surface area contributed by atoms with Gasteiger partial charge in [-0.2, -0.15) is 0 Å². The molecule has 0 aromatic heterocycles. The number of anilines is 1. The van der Waals surface area contributed by atoms with Crippen molar-refractivity contribution in [2.24, 2.45) is 0 Å². The van der Waals surface area contributed by atoms with Gasteiger partial charge in [0.25, 0.3) is 0 Å². The van der Waals surface area contributed by atoms with Gasteiger partial charge in [0.1, 0.15) is 0 Å². The van der Waals surface area contributed by atoms with Crippen LogP contribution in [0.1, 0.15) is 5.56 Å². The van der Waals surface area contributed by atoms with E-state index in [-0.39, 0.29) is 0 Å². The molecule has 0 fully saturated rings. The standard InChI is InChI=1S/C14H13BrClNS/c1-18-13-4-2-3-12(8-13)17-9-10-5-6-11(15)7-14(10)16/h2-8,17H,9H2,1H3. The van der Waals surface area contributed by atoms with Crippen LogP contribution in [0.2, 0.25) is 5.02 Å². The van der Waals surface area contributed by atoms with Gasteiger partial charge in [-0.3, -0.25) is 0 Å². The third-order valence-corrected chi connectivity index (χ3v) is 4.14. The Bertz CT molecular complexity index is 545. The lowest BCUT2D eigenvalue weighted by Gasteiger charge is -2.09. The number of thioether (sulfide) groups is 1. The molecule has 2 aromatic carbocycles. The lowest BCUT2D eigenvalue weighted by molar-refractivity contribution is 1.14. The van der Waals surface area contributed by atoms with E-state index >= 15 is 0 Å². The fourth-order valence-corrected chi connectivity index (χ4v) is 2.80. The Morgan fingerprint density at radius 2 is 2.06 bits per heavy atom. The van der Waals surface area contributed by atoms with Crippen molar-refractivity contribution < 1.29 is 0 Å². The Morgan fingerprint density at radius 3 is 2.78 bits per heavy atom. The summed E-state index contributed by atoms with van der Waals surface area (Å²) >= 11 is 11.3. The summed E-state index contributed by atoms with van der Waals surface area (Å²) in [5.74, 6) is 0. The summed E-state index contributed by atoms with van der Waals surface area (Å²) in [6.45, 7) is 0.726. The lowest BCUT2D eigenvalue weighted by Crippen LogP contribution is -1.99. The summed E-state index contributed by atoms with van der Waals surface area (Å²) in [5.41, 5.74) is 2.20. The zero-order valence-electron chi connectivity index (χ0n) is 9.91. The molecule has 0 aliphatic heterocycles. The number of hydrogen-bond donors (Lipinski definition) is 1. The third kappa shape index (κ3) is 3.67. The zero-order valence-corrected chi connectivity index (χ0v) is 13.1. The Balaban J connectivity index is 2.06. The van der Waals surface area contributed by atoms with Crippen molar-refractivity contribution in [3.63, 3.8) is 0 Å². The Kier molecular flexibility index (Phi) is 4.98. The van der Waals surface area contributed by atoms with E-state index in [0.717, 1.165) is 27.3 Å². The van der Waals surface area contributed by atoms with E-state index in [9.17, 15) is 0 Å². The van der Waals surface area contributed by atoms with Gasteiger partial charge in [0, 0.05) is 26.6 Å². The van der Waals surface area contributed by atoms with Crippen LogP contribution < -0.4 is 5.32 Å². The highest BCUT2D eigenvalue weighted by atomic mass is 79.9. The predicted octanol–water partition coefficient (Wildman–Crippen LogP) is 5.44. The van der Waals surface area contributed by atoms with Crippen LogP contribution in [0.3, 0.4) is 0 Å². The van der Waals surface area contributed by atoms with Crippen molar-refractivity contribution in [2.75, 3.05) is 11.6 Å². The molecule has 2 rings (SSSR count). The van der Waals surface area contributed by atoms with Crippen molar-refractivity contribution in [3.8, 4) is 0 Å². The quantitative estimate of drug-likeness (QED) is 0.743. The number of rotatable bonds is 4. The van der Waals surface area contributed by atoms with E-state index in [1.807, 2.05) is 18.2 Å². The van der Waals surface area contributed by atoms with Crippen molar-refractivity contribution in [1.82, 2.24) is 0 Å². The topological polar surface area (TPSA) is 12.0 Å². The largest absolute Gasteiger partial charge is 0.381 e. The molecule has 1 N–H and O–H groups in total. The molecule has 0 radical (unpaired) electrons. The summed E-state index contributed by atoms with van der Waals surface area (Å²) < 4.78 is 1.00. The molecule has 0 atom stereocenters. The third-order valence-electron chi connectivity index (χ3n) is 2.57. The molecule has 94 valence electrons. The maximum Gasteiger partial charge on any atom is 0.0467 e. The molecule has 0 saturated heterocycles. The minimum Gasteiger partial charge on any atom is -0.381 e. The van der Waals surface area contributed by atoms with Gasteiger partial charge in [-0.25, -0.2) is 0 Å². The number of halogens is 2. The fraction of sp³-hybridized carbons (Fsp3) is 0.143.